The lowest BCUT2D eigenvalue weighted by atomic mass is 10.1. The molecule has 0 radical (unpaired) electrons. The maximum atomic E-state index is 13.1. The van der Waals surface area contributed by atoms with Crippen molar-refractivity contribution in [2.24, 2.45) is 0 Å². The fourth-order valence-corrected chi connectivity index (χ4v) is 5.53. The van der Waals surface area contributed by atoms with Gasteiger partial charge in [-0.1, -0.05) is 30.3 Å². The van der Waals surface area contributed by atoms with Gasteiger partial charge in [0.05, 0.1) is 11.4 Å². The van der Waals surface area contributed by atoms with Gasteiger partial charge in [0.25, 0.3) is 0 Å². The number of rotatable bonds is 6. The second-order valence-corrected chi connectivity index (χ2v) is 9.01. The number of aromatic nitrogens is 2. The van der Waals surface area contributed by atoms with Crippen LogP contribution in [0.2, 0.25) is 0 Å². The summed E-state index contributed by atoms with van der Waals surface area (Å²) in [6, 6.07) is 10.7. The van der Waals surface area contributed by atoms with E-state index in [1.54, 1.807) is 18.2 Å². The maximum absolute atomic E-state index is 13.1. The van der Waals surface area contributed by atoms with Gasteiger partial charge in [-0.05, 0) is 45.7 Å². The standard InChI is InChI=1S/C19H28N4O2S/c1-15-19(16(2)21-20-15)26(24,25)23-12-7-10-18(14-23)22(3)13-11-17-8-5-4-6-9-17/h4-6,8-9,18H,7,10-14H2,1-3H3,(H,20,21). The van der Waals surface area contributed by atoms with Crippen molar-refractivity contribution in [1.29, 1.82) is 0 Å². The van der Waals surface area contributed by atoms with E-state index >= 15 is 0 Å². The van der Waals surface area contributed by atoms with Crippen LogP contribution in [0.1, 0.15) is 29.8 Å². The van der Waals surface area contributed by atoms with E-state index in [0.717, 1.165) is 25.8 Å². The van der Waals surface area contributed by atoms with Crippen LogP contribution < -0.4 is 0 Å². The van der Waals surface area contributed by atoms with E-state index < -0.39 is 10.0 Å². The second kappa shape index (κ2) is 7.90. The van der Waals surface area contributed by atoms with Crippen molar-refractivity contribution in [3.05, 3.63) is 47.3 Å². The van der Waals surface area contributed by atoms with Crippen LogP contribution in [0, 0.1) is 13.8 Å². The molecule has 1 aliphatic heterocycles. The number of piperidine rings is 1. The van der Waals surface area contributed by atoms with E-state index in [-0.39, 0.29) is 6.04 Å². The zero-order chi connectivity index (χ0) is 18.7. The summed E-state index contributed by atoms with van der Waals surface area (Å²) >= 11 is 0. The Hall–Kier alpha value is -1.70. The summed E-state index contributed by atoms with van der Waals surface area (Å²) in [5.41, 5.74) is 2.47. The van der Waals surface area contributed by atoms with Crippen molar-refractivity contribution in [1.82, 2.24) is 19.4 Å². The van der Waals surface area contributed by atoms with Crippen molar-refractivity contribution in [3.8, 4) is 0 Å². The molecule has 0 saturated carbocycles. The highest BCUT2D eigenvalue weighted by Crippen LogP contribution is 2.26. The van der Waals surface area contributed by atoms with Crippen LogP contribution in [-0.2, 0) is 16.4 Å². The lowest BCUT2D eigenvalue weighted by Gasteiger charge is -2.37. The fraction of sp³-hybridized carbons (Fsp3) is 0.526. The molecule has 0 bridgehead atoms. The minimum Gasteiger partial charge on any atom is -0.302 e. The van der Waals surface area contributed by atoms with Gasteiger partial charge in [-0.2, -0.15) is 9.40 Å². The zero-order valence-corrected chi connectivity index (χ0v) is 16.6. The van der Waals surface area contributed by atoms with E-state index in [1.807, 2.05) is 6.07 Å². The molecule has 2 aromatic rings. The molecule has 0 aliphatic carbocycles. The van der Waals surface area contributed by atoms with Gasteiger partial charge in [0.1, 0.15) is 4.90 Å². The van der Waals surface area contributed by atoms with E-state index in [2.05, 4.69) is 46.4 Å². The molecule has 1 aliphatic rings. The Bertz CT molecular complexity index is 813. The lowest BCUT2D eigenvalue weighted by molar-refractivity contribution is 0.164. The van der Waals surface area contributed by atoms with E-state index in [1.165, 1.54) is 5.56 Å². The van der Waals surface area contributed by atoms with Gasteiger partial charge in [0, 0.05) is 25.7 Å². The summed E-state index contributed by atoms with van der Waals surface area (Å²) in [5.74, 6) is 0. The van der Waals surface area contributed by atoms with Crippen LogP contribution >= 0.6 is 0 Å². The predicted octanol–water partition coefficient (Wildman–Crippen LogP) is 2.35. The number of likely N-dealkylation sites (N-methyl/N-ethyl adjacent to an activating group) is 1. The number of benzene rings is 1. The van der Waals surface area contributed by atoms with Crippen molar-refractivity contribution in [2.45, 2.75) is 44.0 Å². The molecule has 1 atom stereocenters. The highest BCUT2D eigenvalue weighted by atomic mass is 32.2. The van der Waals surface area contributed by atoms with Gasteiger partial charge in [0.15, 0.2) is 0 Å². The maximum Gasteiger partial charge on any atom is 0.246 e. The highest BCUT2D eigenvalue weighted by molar-refractivity contribution is 7.89. The van der Waals surface area contributed by atoms with Gasteiger partial charge in [-0.25, -0.2) is 8.42 Å². The number of nitrogens with one attached hydrogen (secondary N) is 1. The molecule has 1 fully saturated rings. The molecule has 1 saturated heterocycles. The first kappa shape index (κ1) is 19.1. The molecular weight excluding hydrogens is 348 g/mol. The Kier molecular flexibility index (Phi) is 5.79. The summed E-state index contributed by atoms with van der Waals surface area (Å²) in [4.78, 5) is 2.63. The largest absolute Gasteiger partial charge is 0.302 e. The Morgan fingerprint density at radius 2 is 2.00 bits per heavy atom. The molecule has 26 heavy (non-hydrogen) atoms. The van der Waals surface area contributed by atoms with Crippen molar-refractivity contribution in [3.63, 3.8) is 0 Å². The monoisotopic (exact) mass is 376 g/mol. The zero-order valence-electron chi connectivity index (χ0n) is 15.8. The first-order valence-corrected chi connectivity index (χ1v) is 10.6. The topological polar surface area (TPSA) is 69.3 Å². The van der Waals surface area contributed by atoms with Crippen molar-refractivity contribution >= 4 is 10.0 Å². The average molecular weight is 377 g/mol. The molecule has 0 amide bonds. The summed E-state index contributed by atoms with van der Waals surface area (Å²) in [6.07, 6.45) is 2.89. The predicted molar refractivity (Wildman–Crippen MR) is 103 cm³/mol. The average Bonchev–Trinajstić information content (AvgIpc) is 2.99. The molecule has 7 heteroatoms. The normalized spacial score (nSPS) is 19.2. The molecule has 1 N–H and O–H groups in total. The van der Waals surface area contributed by atoms with Crippen LogP contribution in [0.3, 0.4) is 0 Å². The minimum absolute atomic E-state index is 0.245. The molecule has 1 aromatic heterocycles. The molecule has 3 rings (SSSR count). The number of sulfonamides is 1. The van der Waals surface area contributed by atoms with Crippen LogP contribution in [0.25, 0.3) is 0 Å². The lowest BCUT2D eigenvalue weighted by Crippen LogP contribution is -2.49. The van der Waals surface area contributed by atoms with Crippen LogP contribution in [-0.4, -0.2) is 60.5 Å². The Labute approximate surface area is 156 Å². The number of aryl methyl sites for hydroxylation is 2. The Morgan fingerprint density at radius 3 is 2.65 bits per heavy atom. The third-order valence-corrected chi connectivity index (χ3v) is 7.37. The Morgan fingerprint density at radius 1 is 1.27 bits per heavy atom. The summed E-state index contributed by atoms with van der Waals surface area (Å²) < 4.78 is 27.8. The molecular formula is C19H28N4O2S. The summed E-state index contributed by atoms with van der Waals surface area (Å²) in [5, 5.41) is 6.84. The third kappa shape index (κ3) is 4.00. The van der Waals surface area contributed by atoms with Gasteiger partial charge < -0.3 is 4.90 Å². The quantitative estimate of drug-likeness (QED) is 0.840. The van der Waals surface area contributed by atoms with Crippen molar-refractivity contribution in [2.75, 3.05) is 26.7 Å². The van der Waals surface area contributed by atoms with Crippen LogP contribution in [0.5, 0.6) is 0 Å². The summed E-state index contributed by atoms with van der Waals surface area (Å²) in [7, 11) is -1.41. The smallest absolute Gasteiger partial charge is 0.246 e. The van der Waals surface area contributed by atoms with Gasteiger partial charge >= 0.3 is 0 Å². The molecule has 0 spiro atoms. The van der Waals surface area contributed by atoms with Crippen LogP contribution in [0.15, 0.2) is 35.2 Å². The SMILES string of the molecule is Cc1n[nH]c(C)c1S(=O)(=O)N1CCCC(N(C)CCc2ccccc2)C1. The van der Waals surface area contributed by atoms with Crippen LogP contribution in [0.4, 0.5) is 0 Å². The van der Waals surface area contributed by atoms with Gasteiger partial charge in [-0.15, -0.1) is 0 Å². The number of nitrogens with zero attached hydrogens (tertiary/aromatic N) is 3. The van der Waals surface area contributed by atoms with Crippen molar-refractivity contribution < 1.29 is 8.42 Å². The number of hydrogen-bond acceptors (Lipinski definition) is 4. The Balaban J connectivity index is 1.67. The molecule has 142 valence electrons. The number of H-pyrrole nitrogens is 1. The fourth-order valence-electron chi connectivity index (χ4n) is 3.68. The molecule has 2 heterocycles. The number of aromatic amines is 1. The third-order valence-electron chi connectivity index (χ3n) is 5.24. The molecule has 6 nitrogen and oxygen atoms in total. The second-order valence-electron chi connectivity index (χ2n) is 7.14. The number of hydrogen-bond donors (Lipinski definition) is 1. The van der Waals surface area contributed by atoms with E-state index in [9.17, 15) is 8.42 Å². The van der Waals surface area contributed by atoms with E-state index in [4.69, 9.17) is 0 Å². The molecule has 1 aromatic carbocycles. The highest BCUT2D eigenvalue weighted by Gasteiger charge is 2.34. The van der Waals surface area contributed by atoms with Gasteiger partial charge in [-0.3, -0.25) is 5.10 Å². The first-order chi connectivity index (χ1) is 12.4. The summed E-state index contributed by atoms with van der Waals surface area (Å²) in [6.45, 7) is 5.55. The van der Waals surface area contributed by atoms with Gasteiger partial charge in [0.2, 0.25) is 10.0 Å². The minimum atomic E-state index is -3.50. The first-order valence-electron chi connectivity index (χ1n) is 9.15. The van der Waals surface area contributed by atoms with E-state index in [0.29, 0.717) is 29.4 Å². The molecule has 1 unspecified atom stereocenters.